The molecule has 0 fully saturated rings. The molecule has 0 saturated heterocycles. The van der Waals surface area contributed by atoms with E-state index in [2.05, 4.69) is 15.6 Å². The molecule has 126 valence electrons. The maximum atomic E-state index is 12.4. The molecule has 3 rings (SSSR count). The molecule has 2 N–H and O–H groups in total. The summed E-state index contributed by atoms with van der Waals surface area (Å²) in [5, 5.41) is 7.50. The van der Waals surface area contributed by atoms with Crippen LogP contribution < -0.4 is 10.6 Å². The van der Waals surface area contributed by atoms with Crippen molar-refractivity contribution in [2.24, 2.45) is 0 Å². The number of anilines is 2. The second kappa shape index (κ2) is 7.72. The van der Waals surface area contributed by atoms with Crippen molar-refractivity contribution in [3.8, 4) is 0 Å². The SMILES string of the molecule is CCOC(=O)c1c(NC(=S)Nc2ccncc2)sc2c1CCCC2. The van der Waals surface area contributed by atoms with Crippen molar-refractivity contribution in [1.29, 1.82) is 0 Å². The fraction of sp³-hybridized carbons (Fsp3) is 0.353. The Morgan fingerprint density at radius 3 is 2.79 bits per heavy atom. The Hall–Kier alpha value is -1.99. The number of aryl methyl sites for hydroxylation is 1. The molecule has 0 bridgehead atoms. The van der Waals surface area contributed by atoms with Crippen molar-refractivity contribution >= 4 is 45.3 Å². The van der Waals surface area contributed by atoms with Crippen molar-refractivity contribution < 1.29 is 9.53 Å². The first-order chi connectivity index (χ1) is 11.7. The normalized spacial score (nSPS) is 13.0. The van der Waals surface area contributed by atoms with Crippen LogP contribution in [0.4, 0.5) is 10.7 Å². The molecule has 0 atom stereocenters. The third-order valence-corrected chi connectivity index (χ3v) is 5.23. The molecule has 2 aromatic heterocycles. The highest BCUT2D eigenvalue weighted by Crippen LogP contribution is 2.38. The van der Waals surface area contributed by atoms with E-state index in [1.54, 1.807) is 23.7 Å². The van der Waals surface area contributed by atoms with Gasteiger partial charge >= 0.3 is 5.97 Å². The van der Waals surface area contributed by atoms with Gasteiger partial charge in [0.15, 0.2) is 5.11 Å². The summed E-state index contributed by atoms with van der Waals surface area (Å²) >= 11 is 6.98. The van der Waals surface area contributed by atoms with Crippen LogP contribution in [0, 0.1) is 0 Å². The first-order valence-electron chi connectivity index (χ1n) is 7.98. The van der Waals surface area contributed by atoms with E-state index >= 15 is 0 Å². The molecular formula is C17H19N3O2S2. The molecule has 0 aromatic carbocycles. The molecule has 0 unspecified atom stereocenters. The highest BCUT2D eigenvalue weighted by molar-refractivity contribution is 7.80. The van der Waals surface area contributed by atoms with Crippen LogP contribution >= 0.6 is 23.6 Å². The molecule has 0 aliphatic heterocycles. The van der Waals surface area contributed by atoms with Crippen molar-refractivity contribution in [1.82, 2.24) is 4.98 Å². The van der Waals surface area contributed by atoms with Crippen LogP contribution in [0.2, 0.25) is 0 Å². The number of carbonyl (C=O) groups is 1. The van der Waals surface area contributed by atoms with E-state index < -0.39 is 0 Å². The molecular weight excluding hydrogens is 342 g/mol. The minimum atomic E-state index is -0.272. The van der Waals surface area contributed by atoms with Crippen LogP contribution in [-0.2, 0) is 17.6 Å². The van der Waals surface area contributed by atoms with Gasteiger partial charge in [0, 0.05) is 23.0 Å². The molecule has 7 heteroatoms. The van der Waals surface area contributed by atoms with E-state index in [-0.39, 0.29) is 5.97 Å². The lowest BCUT2D eigenvalue weighted by molar-refractivity contribution is 0.0526. The van der Waals surface area contributed by atoms with Gasteiger partial charge in [-0.2, -0.15) is 0 Å². The third-order valence-electron chi connectivity index (χ3n) is 3.82. The number of carbonyl (C=O) groups excluding carboxylic acids is 1. The van der Waals surface area contributed by atoms with Gasteiger partial charge in [0.05, 0.1) is 12.2 Å². The Morgan fingerprint density at radius 2 is 2.04 bits per heavy atom. The van der Waals surface area contributed by atoms with Gasteiger partial charge in [-0.3, -0.25) is 4.98 Å². The number of thiophene rings is 1. The average molecular weight is 361 g/mol. The van der Waals surface area contributed by atoms with E-state index in [9.17, 15) is 4.79 Å². The molecule has 2 aromatic rings. The van der Waals surface area contributed by atoms with E-state index in [1.165, 1.54) is 4.88 Å². The summed E-state index contributed by atoms with van der Waals surface area (Å²) in [6.45, 7) is 2.18. The van der Waals surface area contributed by atoms with E-state index in [4.69, 9.17) is 17.0 Å². The molecule has 0 amide bonds. The second-order valence-electron chi connectivity index (χ2n) is 5.45. The standard InChI is InChI=1S/C17H19N3O2S2/c1-2-22-16(21)14-12-5-3-4-6-13(12)24-15(14)20-17(23)19-11-7-9-18-10-8-11/h7-10H,2-6H2,1H3,(H2,18,19,20,23). The summed E-state index contributed by atoms with van der Waals surface area (Å²) in [4.78, 5) is 17.6. The molecule has 0 radical (unpaired) electrons. The third kappa shape index (κ3) is 3.73. The summed E-state index contributed by atoms with van der Waals surface area (Å²) in [7, 11) is 0. The number of rotatable bonds is 4. The van der Waals surface area contributed by atoms with Gasteiger partial charge in [0.2, 0.25) is 0 Å². The van der Waals surface area contributed by atoms with Crippen LogP contribution in [0.1, 0.15) is 40.6 Å². The lowest BCUT2D eigenvalue weighted by Gasteiger charge is -2.13. The summed E-state index contributed by atoms with van der Waals surface area (Å²) in [5.41, 5.74) is 2.62. The molecule has 1 aliphatic carbocycles. The topological polar surface area (TPSA) is 63.2 Å². The van der Waals surface area contributed by atoms with Crippen LogP contribution in [0.25, 0.3) is 0 Å². The summed E-state index contributed by atoms with van der Waals surface area (Å²) in [6.07, 6.45) is 7.59. The van der Waals surface area contributed by atoms with Crippen molar-refractivity contribution in [2.75, 3.05) is 17.2 Å². The number of aromatic nitrogens is 1. The zero-order chi connectivity index (χ0) is 16.9. The Labute approximate surface area is 150 Å². The Balaban J connectivity index is 1.82. The van der Waals surface area contributed by atoms with Crippen molar-refractivity contribution in [3.05, 3.63) is 40.5 Å². The van der Waals surface area contributed by atoms with Crippen LogP contribution in [0.5, 0.6) is 0 Å². The van der Waals surface area contributed by atoms with E-state index in [1.807, 2.05) is 19.1 Å². The highest BCUT2D eigenvalue weighted by atomic mass is 32.1. The number of hydrogen-bond donors (Lipinski definition) is 2. The average Bonchev–Trinajstić information content (AvgIpc) is 2.93. The second-order valence-corrected chi connectivity index (χ2v) is 6.96. The maximum absolute atomic E-state index is 12.4. The number of ether oxygens (including phenoxy) is 1. The van der Waals surface area contributed by atoms with Crippen molar-refractivity contribution in [3.63, 3.8) is 0 Å². The molecule has 24 heavy (non-hydrogen) atoms. The monoisotopic (exact) mass is 361 g/mol. The maximum Gasteiger partial charge on any atom is 0.341 e. The van der Waals surface area contributed by atoms with E-state index in [0.717, 1.165) is 41.9 Å². The minimum absolute atomic E-state index is 0.272. The molecule has 0 saturated carbocycles. The van der Waals surface area contributed by atoms with E-state index in [0.29, 0.717) is 17.3 Å². The molecule has 2 heterocycles. The largest absolute Gasteiger partial charge is 0.462 e. The minimum Gasteiger partial charge on any atom is -0.462 e. The van der Waals surface area contributed by atoms with Crippen LogP contribution in [0.3, 0.4) is 0 Å². The zero-order valence-electron chi connectivity index (χ0n) is 13.4. The lowest BCUT2D eigenvalue weighted by Crippen LogP contribution is -2.20. The smallest absolute Gasteiger partial charge is 0.341 e. The summed E-state index contributed by atoms with van der Waals surface area (Å²) < 4.78 is 5.25. The molecule has 1 aliphatic rings. The fourth-order valence-corrected chi connectivity index (χ4v) is 4.34. The number of thiocarbonyl (C=S) groups is 1. The van der Waals surface area contributed by atoms with Gasteiger partial charge in [0.1, 0.15) is 5.00 Å². The number of esters is 1. The Bertz CT molecular complexity index is 744. The lowest BCUT2D eigenvalue weighted by atomic mass is 9.95. The predicted molar refractivity (Wildman–Crippen MR) is 101 cm³/mol. The first-order valence-corrected chi connectivity index (χ1v) is 9.21. The van der Waals surface area contributed by atoms with Crippen LogP contribution in [-0.4, -0.2) is 22.7 Å². The number of fused-ring (bicyclic) bond motifs is 1. The Morgan fingerprint density at radius 1 is 1.29 bits per heavy atom. The van der Waals surface area contributed by atoms with Gasteiger partial charge in [-0.1, -0.05) is 0 Å². The van der Waals surface area contributed by atoms with Gasteiger partial charge < -0.3 is 15.4 Å². The highest BCUT2D eigenvalue weighted by Gasteiger charge is 2.26. The first kappa shape index (κ1) is 16.9. The van der Waals surface area contributed by atoms with Gasteiger partial charge in [-0.05, 0) is 62.5 Å². The van der Waals surface area contributed by atoms with Gasteiger partial charge in [-0.25, -0.2) is 4.79 Å². The summed E-state index contributed by atoms with van der Waals surface area (Å²) in [5.74, 6) is -0.272. The molecule has 5 nitrogen and oxygen atoms in total. The zero-order valence-corrected chi connectivity index (χ0v) is 15.1. The Kier molecular flexibility index (Phi) is 5.42. The van der Waals surface area contributed by atoms with Gasteiger partial charge in [0.25, 0.3) is 0 Å². The predicted octanol–water partition coefficient (Wildman–Crippen LogP) is 4.01. The number of nitrogens with zero attached hydrogens (tertiary/aromatic N) is 1. The molecule has 0 spiro atoms. The summed E-state index contributed by atoms with van der Waals surface area (Å²) in [6, 6.07) is 3.67. The number of pyridine rings is 1. The van der Waals surface area contributed by atoms with Gasteiger partial charge in [-0.15, -0.1) is 11.3 Å². The number of nitrogens with one attached hydrogen (secondary N) is 2. The van der Waals surface area contributed by atoms with Crippen LogP contribution in [0.15, 0.2) is 24.5 Å². The quantitative estimate of drug-likeness (QED) is 0.634. The number of hydrogen-bond acceptors (Lipinski definition) is 5. The fourth-order valence-electron chi connectivity index (χ4n) is 2.77. The van der Waals surface area contributed by atoms with Crippen molar-refractivity contribution in [2.45, 2.75) is 32.6 Å².